The van der Waals surface area contributed by atoms with Gasteiger partial charge in [0.05, 0.1) is 6.61 Å². The summed E-state index contributed by atoms with van der Waals surface area (Å²) >= 11 is 0. The molecule has 1 spiro atoms. The van der Waals surface area contributed by atoms with Crippen molar-refractivity contribution in [2.45, 2.75) is 38.0 Å². The molecule has 140 valence electrons. The lowest BCUT2D eigenvalue weighted by atomic mass is 9.97. The minimum atomic E-state index is -1.01. The minimum absolute atomic E-state index is 0.0496. The Bertz CT molecular complexity index is 666. The normalized spacial score (nSPS) is 23.0. The van der Waals surface area contributed by atoms with Crippen LogP contribution in [0.25, 0.3) is 6.08 Å². The zero-order valence-electron chi connectivity index (χ0n) is 15.1. The maximum Gasteiger partial charge on any atom is 0.328 e. The smallest absolute Gasteiger partial charge is 0.328 e. The van der Waals surface area contributed by atoms with Crippen LogP contribution in [0.2, 0.25) is 0 Å². The molecule has 2 aliphatic rings. The first-order valence-electron chi connectivity index (χ1n) is 9.21. The van der Waals surface area contributed by atoms with Gasteiger partial charge in [-0.3, -0.25) is 9.69 Å². The Morgan fingerprint density at radius 1 is 1.27 bits per heavy atom. The molecule has 0 aliphatic carbocycles. The van der Waals surface area contributed by atoms with Crippen molar-refractivity contribution >= 4 is 18.0 Å². The van der Waals surface area contributed by atoms with E-state index in [1.807, 2.05) is 30.3 Å². The third-order valence-corrected chi connectivity index (χ3v) is 5.18. The fraction of sp³-hybridized carbons (Fsp3) is 0.500. The Kier molecular flexibility index (Phi) is 5.74. The maximum atomic E-state index is 12.9. The molecule has 0 saturated carbocycles. The monoisotopic (exact) mass is 358 g/mol. The first kappa shape index (κ1) is 18.6. The number of ether oxygens (including phenoxy) is 1. The number of likely N-dealkylation sites (tertiary alicyclic amines) is 1. The summed E-state index contributed by atoms with van der Waals surface area (Å²) < 4.78 is 5.93. The molecule has 2 heterocycles. The minimum Gasteiger partial charge on any atom is -0.480 e. The van der Waals surface area contributed by atoms with E-state index in [9.17, 15) is 14.7 Å². The average molecular weight is 358 g/mol. The van der Waals surface area contributed by atoms with Crippen molar-refractivity contribution < 1.29 is 19.4 Å². The lowest BCUT2D eigenvalue weighted by Gasteiger charge is -2.44. The van der Waals surface area contributed by atoms with Gasteiger partial charge in [0.25, 0.3) is 0 Å². The molecule has 1 N–H and O–H groups in total. The van der Waals surface area contributed by atoms with Gasteiger partial charge in [-0.05, 0) is 24.6 Å². The first-order valence-corrected chi connectivity index (χ1v) is 9.21. The second-order valence-electron chi connectivity index (χ2n) is 6.91. The van der Waals surface area contributed by atoms with E-state index in [1.54, 1.807) is 6.08 Å². The quantitative estimate of drug-likeness (QED) is 0.818. The second-order valence-corrected chi connectivity index (χ2v) is 6.91. The van der Waals surface area contributed by atoms with E-state index < -0.39 is 17.7 Å². The van der Waals surface area contributed by atoms with Gasteiger partial charge in [0.15, 0.2) is 6.04 Å². The van der Waals surface area contributed by atoms with Crippen molar-refractivity contribution in [1.29, 1.82) is 0 Å². The van der Waals surface area contributed by atoms with E-state index in [0.29, 0.717) is 12.8 Å². The molecule has 0 radical (unpaired) electrons. The number of hydrogen-bond donors (Lipinski definition) is 1. The Labute approximate surface area is 154 Å². The molecule has 0 aromatic heterocycles. The fourth-order valence-corrected chi connectivity index (χ4v) is 3.84. The number of amides is 1. The van der Waals surface area contributed by atoms with Gasteiger partial charge in [-0.25, -0.2) is 4.79 Å². The molecule has 1 atom stereocenters. The van der Waals surface area contributed by atoms with Crippen molar-refractivity contribution in [3.63, 3.8) is 0 Å². The van der Waals surface area contributed by atoms with Gasteiger partial charge < -0.3 is 14.7 Å². The molecule has 26 heavy (non-hydrogen) atoms. The maximum absolute atomic E-state index is 12.9. The van der Waals surface area contributed by atoms with Crippen LogP contribution < -0.4 is 0 Å². The van der Waals surface area contributed by atoms with Crippen LogP contribution in [0.15, 0.2) is 36.4 Å². The number of nitrogens with zero attached hydrogens (tertiary/aromatic N) is 2. The molecule has 1 amide bonds. The molecular weight excluding hydrogens is 332 g/mol. The lowest BCUT2D eigenvalue weighted by Crippen LogP contribution is -2.57. The highest BCUT2D eigenvalue weighted by atomic mass is 16.5. The summed E-state index contributed by atoms with van der Waals surface area (Å²) in [7, 11) is 0. The number of piperidine rings is 1. The summed E-state index contributed by atoms with van der Waals surface area (Å²) in [6, 6.07) is 8.58. The van der Waals surface area contributed by atoms with Crippen LogP contribution in [0.4, 0.5) is 0 Å². The summed E-state index contributed by atoms with van der Waals surface area (Å²) in [5.74, 6) is -1.32. The summed E-state index contributed by atoms with van der Waals surface area (Å²) in [4.78, 5) is 28.4. The number of aliphatic carboxylic acids is 1. The number of benzene rings is 1. The van der Waals surface area contributed by atoms with Crippen molar-refractivity contribution in [3.05, 3.63) is 42.0 Å². The number of rotatable bonds is 5. The largest absolute Gasteiger partial charge is 0.480 e. The Morgan fingerprint density at radius 2 is 1.96 bits per heavy atom. The predicted octanol–water partition coefficient (Wildman–Crippen LogP) is 2.21. The Hall–Kier alpha value is -2.18. The second kappa shape index (κ2) is 8.01. The summed E-state index contributed by atoms with van der Waals surface area (Å²) in [6.45, 7) is 4.83. The molecular formula is C20H26N2O4. The van der Waals surface area contributed by atoms with E-state index in [1.165, 1.54) is 11.0 Å². The van der Waals surface area contributed by atoms with Crippen LogP contribution in [0.1, 0.15) is 31.7 Å². The summed E-state index contributed by atoms with van der Waals surface area (Å²) in [5.41, 5.74) is 0.102. The summed E-state index contributed by atoms with van der Waals surface area (Å²) in [6.07, 6.45) is 5.54. The van der Waals surface area contributed by atoms with Crippen molar-refractivity contribution in [2.24, 2.45) is 0 Å². The van der Waals surface area contributed by atoms with Crippen molar-refractivity contribution in [1.82, 2.24) is 9.80 Å². The average Bonchev–Trinajstić information content (AvgIpc) is 3.02. The fourth-order valence-electron chi connectivity index (χ4n) is 3.84. The Balaban J connectivity index is 1.78. The van der Waals surface area contributed by atoms with E-state index in [-0.39, 0.29) is 12.5 Å². The predicted molar refractivity (Wildman–Crippen MR) is 98.4 cm³/mol. The van der Waals surface area contributed by atoms with E-state index in [4.69, 9.17) is 4.74 Å². The van der Waals surface area contributed by atoms with Gasteiger partial charge in [-0.1, -0.05) is 37.3 Å². The summed E-state index contributed by atoms with van der Waals surface area (Å²) in [5, 5.41) is 9.56. The molecule has 6 nitrogen and oxygen atoms in total. The van der Waals surface area contributed by atoms with Crippen LogP contribution in [0.5, 0.6) is 0 Å². The molecule has 1 aromatic carbocycles. The van der Waals surface area contributed by atoms with Crippen LogP contribution in [0.3, 0.4) is 0 Å². The van der Waals surface area contributed by atoms with E-state index in [0.717, 1.165) is 31.6 Å². The van der Waals surface area contributed by atoms with Gasteiger partial charge in [0.2, 0.25) is 5.91 Å². The SMILES string of the molecule is CCCN1CCC2(CC1)OCC(C(=O)O)N2C(=O)/C=C\c1ccccc1. The third-order valence-electron chi connectivity index (χ3n) is 5.18. The van der Waals surface area contributed by atoms with Gasteiger partial charge in [0.1, 0.15) is 5.72 Å². The number of hydrogen-bond acceptors (Lipinski definition) is 4. The number of carbonyl (C=O) groups excluding carboxylic acids is 1. The highest BCUT2D eigenvalue weighted by molar-refractivity contribution is 5.95. The Morgan fingerprint density at radius 3 is 2.58 bits per heavy atom. The number of carbonyl (C=O) groups is 2. The first-order chi connectivity index (χ1) is 12.6. The molecule has 0 bridgehead atoms. The molecule has 1 unspecified atom stereocenters. The van der Waals surface area contributed by atoms with Gasteiger partial charge in [0, 0.05) is 32.0 Å². The molecule has 2 aliphatic heterocycles. The van der Waals surface area contributed by atoms with Crippen LogP contribution in [0, 0.1) is 0 Å². The standard InChI is InChI=1S/C20H26N2O4/c1-2-12-21-13-10-20(11-14-21)22(17(15-26-20)19(24)25)18(23)9-8-16-6-4-3-5-7-16/h3-9,17H,2,10-15H2,1H3,(H,24,25)/b9-8-. The van der Waals surface area contributed by atoms with Crippen molar-refractivity contribution in [2.75, 3.05) is 26.2 Å². The van der Waals surface area contributed by atoms with E-state index >= 15 is 0 Å². The zero-order chi connectivity index (χ0) is 18.6. The highest BCUT2D eigenvalue weighted by Gasteiger charge is 2.53. The van der Waals surface area contributed by atoms with Gasteiger partial charge in [-0.2, -0.15) is 0 Å². The lowest BCUT2D eigenvalue weighted by molar-refractivity contribution is -0.162. The molecule has 1 aromatic rings. The molecule has 6 heteroatoms. The third kappa shape index (κ3) is 3.81. The van der Waals surface area contributed by atoms with Crippen LogP contribution in [-0.4, -0.2) is 64.8 Å². The zero-order valence-corrected chi connectivity index (χ0v) is 15.1. The molecule has 2 saturated heterocycles. The molecule has 2 fully saturated rings. The number of carboxylic acids is 1. The highest BCUT2D eigenvalue weighted by Crippen LogP contribution is 2.37. The van der Waals surface area contributed by atoms with E-state index in [2.05, 4.69) is 11.8 Å². The van der Waals surface area contributed by atoms with Crippen LogP contribution >= 0.6 is 0 Å². The van der Waals surface area contributed by atoms with Crippen LogP contribution in [-0.2, 0) is 14.3 Å². The van der Waals surface area contributed by atoms with Gasteiger partial charge >= 0.3 is 5.97 Å². The molecule has 3 rings (SSSR count). The topological polar surface area (TPSA) is 70.1 Å². The van der Waals surface area contributed by atoms with Crippen molar-refractivity contribution in [3.8, 4) is 0 Å². The van der Waals surface area contributed by atoms with Gasteiger partial charge in [-0.15, -0.1) is 0 Å². The number of carboxylic acid groups (broad SMARTS) is 1.